The fourth-order valence-corrected chi connectivity index (χ4v) is 2.61. The van der Waals surface area contributed by atoms with Crippen molar-refractivity contribution >= 4 is 46.4 Å². The number of halogens is 4. The monoisotopic (exact) mass is 318 g/mol. The third-order valence-corrected chi connectivity index (χ3v) is 4.22. The van der Waals surface area contributed by atoms with Gasteiger partial charge in [0, 0.05) is 26.5 Å². The molecule has 0 nitrogen and oxygen atoms in total. The lowest BCUT2D eigenvalue weighted by Gasteiger charge is -2.11. The van der Waals surface area contributed by atoms with Crippen LogP contribution in [-0.4, -0.2) is 0 Å². The SMILES string of the molecule is Cc1c(Cl)ccc(Cl)c1Cc1cc(Cl)ccc1Cl. The molecule has 0 saturated carbocycles. The Morgan fingerprint density at radius 1 is 0.833 bits per heavy atom. The third kappa shape index (κ3) is 2.95. The molecule has 0 N–H and O–H groups in total. The van der Waals surface area contributed by atoms with Crippen LogP contribution in [0.5, 0.6) is 0 Å². The lowest BCUT2D eigenvalue weighted by Crippen LogP contribution is -1.95. The van der Waals surface area contributed by atoms with Crippen molar-refractivity contribution < 1.29 is 0 Å². The summed E-state index contributed by atoms with van der Waals surface area (Å²) in [5.41, 5.74) is 2.89. The van der Waals surface area contributed by atoms with Gasteiger partial charge in [0.2, 0.25) is 0 Å². The average Bonchev–Trinajstić information content (AvgIpc) is 2.34. The summed E-state index contributed by atoms with van der Waals surface area (Å²) < 4.78 is 0. The molecule has 0 spiro atoms. The highest BCUT2D eigenvalue weighted by atomic mass is 35.5. The van der Waals surface area contributed by atoms with E-state index < -0.39 is 0 Å². The first-order chi connectivity index (χ1) is 8.49. The van der Waals surface area contributed by atoms with Crippen LogP contribution in [0.25, 0.3) is 0 Å². The minimum atomic E-state index is 0.616. The molecule has 0 aliphatic heterocycles. The van der Waals surface area contributed by atoms with E-state index in [-0.39, 0.29) is 0 Å². The molecule has 2 rings (SSSR count). The summed E-state index contributed by atoms with van der Waals surface area (Å²) in [6.07, 6.45) is 0.616. The van der Waals surface area contributed by atoms with Crippen LogP contribution in [0, 0.1) is 6.92 Å². The maximum atomic E-state index is 6.21. The molecule has 0 heterocycles. The Morgan fingerprint density at radius 2 is 1.44 bits per heavy atom. The van der Waals surface area contributed by atoms with Gasteiger partial charge in [0.25, 0.3) is 0 Å². The van der Waals surface area contributed by atoms with Gasteiger partial charge in [0.15, 0.2) is 0 Å². The van der Waals surface area contributed by atoms with E-state index in [0.29, 0.717) is 26.5 Å². The van der Waals surface area contributed by atoms with Crippen molar-refractivity contribution in [3.8, 4) is 0 Å². The van der Waals surface area contributed by atoms with Crippen LogP contribution >= 0.6 is 46.4 Å². The first-order valence-corrected chi connectivity index (χ1v) is 6.87. The number of rotatable bonds is 2. The van der Waals surface area contributed by atoms with Crippen LogP contribution < -0.4 is 0 Å². The van der Waals surface area contributed by atoms with Gasteiger partial charge in [0.05, 0.1) is 0 Å². The van der Waals surface area contributed by atoms with Crippen LogP contribution in [0.4, 0.5) is 0 Å². The molecule has 0 bridgehead atoms. The summed E-state index contributed by atoms with van der Waals surface area (Å²) in [5.74, 6) is 0. The Kier molecular flexibility index (Phi) is 4.45. The summed E-state index contributed by atoms with van der Waals surface area (Å²) in [6.45, 7) is 1.95. The van der Waals surface area contributed by atoms with Gasteiger partial charge in [-0.1, -0.05) is 46.4 Å². The Labute approximate surface area is 126 Å². The van der Waals surface area contributed by atoms with Crippen LogP contribution in [-0.2, 0) is 6.42 Å². The second-order valence-electron chi connectivity index (χ2n) is 4.05. The second kappa shape index (κ2) is 5.71. The van der Waals surface area contributed by atoms with Crippen LogP contribution in [0.15, 0.2) is 30.3 Å². The Morgan fingerprint density at radius 3 is 2.17 bits per heavy atom. The molecule has 0 aromatic heterocycles. The second-order valence-corrected chi connectivity index (χ2v) is 5.70. The van der Waals surface area contributed by atoms with Crippen LogP contribution in [0.3, 0.4) is 0 Å². The Balaban J connectivity index is 2.46. The summed E-state index contributed by atoms with van der Waals surface area (Å²) in [4.78, 5) is 0. The molecule has 0 aliphatic carbocycles. The van der Waals surface area contributed by atoms with Crippen molar-refractivity contribution in [2.45, 2.75) is 13.3 Å². The van der Waals surface area contributed by atoms with Crippen molar-refractivity contribution in [3.05, 3.63) is 67.1 Å². The molecule has 0 fully saturated rings. The first kappa shape index (κ1) is 14.0. The van der Waals surface area contributed by atoms with E-state index in [1.807, 2.05) is 13.0 Å². The van der Waals surface area contributed by atoms with E-state index in [1.54, 1.807) is 24.3 Å². The fourth-order valence-electron chi connectivity index (χ4n) is 1.78. The quantitative estimate of drug-likeness (QED) is 0.618. The van der Waals surface area contributed by atoms with E-state index in [1.165, 1.54) is 0 Å². The highest BCUT2D eigenvalue weighted by molar-refractivity contribution is 6.35. The van der Waals surface area contributed by atoms with Gasteiger partial charge in [-0.05, 0) is 53.9 Å². The van der Waals surface area contributed by atoms with Crippen LogP contribution in [0.1, 0.15) is 16.7 Å². The molecular formula is C14H10Cl4. The fraction of sp³-hybridized carbons (Fsp3) is 0.143. The third-order valence-electron chi connectivity index (χ3n) is 2.85. The Bertz CT molecular complexity index is 591. The molecule has 0 amide bonds. The number of benzene rings is 2. The van der Waals surface area contributed by atoms with Gasteiger partial charge in [-0.3, -0.25) is 0 Å². The lowest BCUT2D eigenvalue weighted by molar-refractivity contribution is 1.16. The molecule has 18 heavy (non-hydrogen) atoms. The van der Waals surface area contributed by atoms with Crippen molar-refractivity contribution in [1.29, 1.82) is 0 Å². The molecule has 0 saturated heterocycles. The number of hydrogen-bond donors (Lipinski definition) is 0. The predicted octanol–water partition coefficient (Wildman–Crippen LogP) is 6.20. The lowest BCUT2D eigenvalue weighted by atomic mass is 10.0. The molecule has 2 aromatic rings. The van der Waals surface area contributed by atoms with Crippen LogP contribution in [0.2, 0.25) is 20.1 Å². The average molecular weight is 320 g/mol. The van der Waals surface area contributed by atoms with Gasteiger partial charge >= 0.3 is 0 Å². The zero-order chi connectivity index (χ0) is 13.3. The standard InChI is InChI=1S/C14H10Cl4/c1-8-11(14(18)5-4-12(8)16)7-9-6-10(15)2-3-13(9)17/h2-6H,7H2,1H3. The molecule has 94 valence electrons. The van der Waals surface area contributed by atoms with E-state index >= 15 is 0 Å². The molecule has 0 unspecified atom stereocenters. The first-order valence-electron chi connectivity index (χ1n) is 5.36. The van der Waals surface area contributed by atoms with Crippen molar-refractivity contribution in [2.24, 2.45) is 0 Å². The summed E-state index contributed by atoms with van der Waals surface area (Å²) in [6, 6.07) is 8.99. The zero-order valence-corrected chi connectivity index (χ0v) is 12.6. The van der Waals surface area contributed by atoms with E-state index in [9.17, 15) is 0 Å². The normalized spacial score (nSPS) is 10.7. The molecule has 0 radical (unpaired) electrons. The minimum absolute atomic E-state index is 0.616. The predicted molar refractivity (Wildman–Crippen MR) is 80.5 cm³/mol. The van der Waals surface area contributed by atoms with Gasteiger partial charge in [0.1, 0.15) is 0 Å². The Hall–Kier alpha value is -0.400. The van der Waals surface area contributed by atoms with Gasteiger partial charge in [-0.15, -0.1) is 0 Å². The molecule has 2 aromatic carbocycles. The van der Waals surface area contributed by atoms with Crippen molar-refractivity contribution in [3.63, 3.8) is 0 Å². The van der Waals surface area contributed by atoms with Crippen molar-refractivity contribution in [1.82, 2.24) is 0 Å². The minimum Gasteiger partial charge on any atom is -0.0843 e. The van der Waals surface area contributed by atoms with Gasteiger partial charge < -0.3 is 0 Å². The maximum Gasteiger partial charge on any atom is 0.0445 e. The summed E-state index contributed by atoms with van der Waals surface area (Å²) in [5, 5.41) is 2.72. The van der Waals surface area contributed by atoms with Gasteiger partial charge in [-0.25, -0.2) is 0 Å². The largest absolute Gasteiger partial charge is 0.0843 e. The van der Waals surface area contributed by atoms with E-state index in [2.05, 4.69) is 0 Å². The highest BCUT2D eigenvalue weighted by Crippen LogP contribution is 2.31. The summed E-state index contributed by atoms with van der Waals surface area (Å²) >= 11 is 24.4. The smallest absolute Gasteiger partial charge is 0.0445 e. The topological polar surface area (TPSA) is 0 Å². The van der Waals surface area contributed by atoms with E-state index in [0.717, 1.165) is 16.7 Å². The molecule has 0 aliphatic rings. The van der Waals surface area contributed by atoms with Gasteiger partial charge in [-0.2, -0.15) is 0 Å². The summed E-state index contributed by atoms with van der Waals surface area (Å²) in [7, 11) is 0. The van der Waals surface area contributed by atoms with Crippen molar-refractivity contribution in [2.75, 3.05) is 0 Å². The zero-order valence-electron chi connectivity index (χ0n) is 9.61. The number of hydrogen-bond acceptors (Lipinski definition) is 0. The molecule has 0 atom stereocenters. The maximum absolute atomic E-state index is 6.21. The molecular weight excluding hydrogens is 310 g/mol. The molecule has 4 heteroatoms. The van der Waals surface area contributed by atoms with E-state index in [4.69, 9.17) is 46.4 Å². The highest BCUT2D eigenvalue weighted by Gasteiger charge is 2.10.